The van der Waals surface area contributed by atoms with Gasteiger partial charge in [-0.15, -0.1) is 0 Å². The highest BCUT2D eigenvalue weighted by molar-refractivity contribution is 6.29. The van der Waals surface area contributed by atoms with E-state index in [0.717, 1.165) is 100 Å². The lowest BCUT2D eigenvalue weighted by atomic mass is 9.90. The average molecular weight is 817 g/mol. The number of rotatable bonds is 5. The molecule has 12 aromatic rings. The fraction of sp³-hybridized carbons (Fsp3) is 0.0172. The van der Waals surface area contributed by atoms with Gasteiger partial charge in [0, 0.05) is 21.9 Å². The van der Waals surface area contributed by atoms with E-state index in [4.69, 9.17) is 4.98 Å². The summed E-state index contributed by atoms with van der Waals surface area (Å²) in [5.41, 5.74) is 9.82. The first kappa shape index (κ1) is 36.8. The molecule has 2 aromatic heterocycles. The summed E-state index contributed by atoms with van der Waals surface area (Å²) in [5.74, 6) is 0. The first-order valence-electron chi connectivity index (χ1n) is 21.0. The lowest BCUT2D eigenvalue weighted by molar-refractivity contribution is -0.137. The third-order valence-electron chi connectivity index (χ3n) is 12.6. The summed E-state index contributed by atoms with van der Waals surface area (Å²) in [4.78, 5) is 5.20. The van der Waals surface area contributed by atoms with Crippen LogP contribution in [-0.4, -0.2) is 9.55 Å². The van der Waals surface area contributed by atoms with Gasteiger partial charge in [-0.2, -0.15) is 13.2 Å². The quantitative estimate of drug-likeness (QED) is 0.158. The Balaban J connectivity index is 1.17. The van der Waals surface area contributed by atoms with Gasteiger partial charge in [-0.3, -0.25) is 0 Å². The monoisotopic (exact) mass is 816 g/mol. The summed E-state index contributed by atoms with van der Waals surface area (Å²) < 4.78 is 43.3. The third kappa shape index (κ3) is 6.23. The summed E-state index contributed by atoms with van der Waals surface area (Å²) in [5, 5.41) is 11.4. The third-order valence-corrected chi connectivity index (χ3v) is 12.6. The maximum atomic E-state index is 13.7. The Morgan fingerprint density at radius 2 is 0.810 bits per heavy atom. The van der Waals surface area contributed by atoms with Crippen molar-refractivity contribution in [2.75, 3.05) is 0 Å². The first-order valence-corrected chi connectivity index (χ1v) is 21.0. The van der Waals surface area contributed by atoms with Crippen LogP contribution in [0.2, 0.25) is 0 Å². The molecule has 5 heteroatoms. The van der Waals surface area contributed by atoms with Crippen LogP contribution in [0.4, 0.5) is 13.2 Å². The maximum absolute atomic E-state index is 13.7. The highest BCUT2D eigenvalue weighted by Gasteiger charge is 2.30. The van der Waals surface area contributed by atoms with Gasteiger partial charge < -0.3 is 4.57 Å². The Kier molecular flexibility index (Phi) is 8.35. The van der Waals surface area contributed by atoms with Crippen LogP contribution in [0.1, 0.15) is 5.56 Å². The minimum Gasteiger partial charge on any atom is -0.309 e. The zero-order valence-corrected chi connectivity index (χ0v) is 33.7. The topological polar surface area (TPSA) is 17.8 Å². The summed E-state index contributed by atoms with van der Waals surface area (Å²) in [6.45, 7) is 0. The standard InChI is InChI=1S/C58H35F3N2/c59-58(60,61)44-25-21-37(22-26-44)42-24-28-56-52(31-42)53-34-50-49-30-43(41-20-19-36-11-7-8-16-40(36)29-41)23-27-48(49)46-17-9-10-18-47(46)51(50)35-57(53)63(56)45-32-54(38-12-3-1-4-13-38)62-55(33-45)39-14-5-2-6-15-39/h1-35H. The summed E-state index contributed by atoms with van der Waals surface area (Å²) >= 11 is 0. The molecule has 0 atom stereocenters. The lowest BCUT2D eigenvalue weighted by Gasteiger charge is -2.15. The minimum atomic E-state index is -4.42. The van der Waals surface area contributed by atoms with Crippen molar-refractivity contribution < 1.29 is 13.2 Å². The van der Waals surface area contributed by atoms with Crippen molar-refractivity contribution in [1.29, 1.82) is 0 Å². The van der Waals surface area contributed by atoms with Crippen LogP contribution in [0.15, 0.2) is 212 Å². The number of fused-ring (bicyclic) bond motifs is 10. The normalized spacial score (nSPS) is 12.0. The van der Waals surface area contributed by atoms with Crippen molar-refractivity contribution in [3.63, 3.8) is 0 Å². The predicted molar refractivity (Wildman–Crippen MR) is 255 cm³/mol. The van der Waals surface area contributed by atoms with E-state index in [1.165, 1.54) is 21.5 Å². The van der Waals surface area contributed by atoms with Crippen molar-refractivity contribution >= 4 is 64.9 Å². The first-order chi connectivity index (χ1) is 30.8. The number of halogens is 3. The van der Waals surface area contributed by atoms with E-state index >= 15 is 0 Å². The zero-order valence-electron chi connectivity index (χ0n) is 33.7. The molecule has 0 aliphatic carbocycles. The van der Waals surface area contributed by atoms with Crippen molar-refractivity contribution in [3.05, 3.63) is 218 Å². The van der Waals surface area contributed by atoms with Crippen molar-refractivity contribution in [3.8, 4) is 50.5 Å². The molecule has 0 bridgehead atoms. The van der Waals surface area contributed by atoms with Crippen LogP contribution in [0, 0.1) is 0 Å². The summed E-state index contributed by atoms with van der Waals surface area (Å²) in [6.07, 6.45) is -4.42. The fourth-order valence-electron chi connectivity index (χ4n) is 9.48. The average Bonchev–Trinajstić information content (AvgIpc) is 3.66. The van der Waals surface area contributed by atoms with Crippen LogP contribution in [0.3, 0.4) is 0 Å². The molecular formula is C58H35F3N2. The van der Waals surface area contributed by atoms with E-state index in [2.05, 4.69) is 150 Å². The summed E-state index contributed by atoms with van der Waals surface area (Å²) in [6, 6.07) is 71.7. The zero-order chi connectivity index (χ0) is 42.2. The Morgan fingerprint density at radius 3 is 1.51 bits per heavy atom. The number of benzene rings is 10. The molecule has 0 fully saturated rings. The molecule has 12 rings (SSSR count). The van der Waals surface area contributed by atoms with E-state index in [0.29, 0.717) is 5.56 Å². The van der Waals surface area contributed by atoms with Crippen LogP contribution < -0.4 is 0 Å². The van der Waals surface area contributed by atoms with Crippen LogP contribution in [-0.2, 0) is 6.18 Å². The summed E-state index contributed by atoms with van der Waals surface area (Å²) in [7, 11) is 0. The molecule has 298 valence electrons. The number of hydrogen-bond acceptors (Lipinski definition) is 1. The second-order valence-electron chi connectivity index (χ2n) is 16.3. The molecule has 0 aliphatic heterocycles. The molecule has 2 heterocycles. The number of aromatic nitrogens is 2. The molecule has 0 unspecified atom stereocenters. The van der Waals surface area contributed by atoms with Crippen LogP contribution in [0.5, 0.6) is 0 Å². The predicted octanol–water partition coefficient (Wildman–Crippen LogP) is 16.5. The lowest BCUT2D eigenvalue weighted by Crippen LogP contribution is -2.03. The molecule has 0 radical (unpaired) electrons. The van der Waals surface area contributed by atoms with Gasteiger partial charge in [0.1, 0.15) is 0 Å². The van der Waals surface area contributed by atoms with E-state index in [1.807, 2.05) is 42.5 Å². The highest BCUT2D eigenvalue weighted by atomic mass is 19.4. The molecule has 63 heavy (non-hydrogen) atoms. The largest absolute Gasteiger partial charge is 0.416 e. The number of nitrogens with zero attached hydrogens (tertiary/aromatic N) is 2. The molecular weight excluding hydrogens is 782 g/mol. The van der Waals surface area contributed by atoms with Gasteiger partial charge in [-0.25, -0.2) is 4.98 Å². The van der Waals surface area contributed by atoms with E-state index in [1.54, 1.807) is 12.1 Å². The van der Waals surface area contributed by atoms with Gasteiger partial charge in [-0.1, -0.05) is 152 Å². The molecule has 0 aliphatic rings. The van der Waals surface area contributed by atoms with Gasteiger partial charge in [0.25, 0.3) is 0 Å². The second-order valence-corrected chi connectivity index (χ2v) is 16.3. The van der Waals surface area contributed by atoms with E-state index in [9.17, 15) is 13.2 Å². The number of alkyl halides is 3. The second kappa shape index (κ2) is 14.3. The van der Waals surface area contributed by atoms with Crippen molar-refractivity contribution in [2.45, 2.75) is 6.18 Å². The SMILES string of the molecule is FC(F)(F)c1ccc(-c2ccc3c(c2)c2cc4c5cc(-c6ccc7ccccc7c6)ccc5c5ccccc5c4cc2n3-c2cc(-c3ccccc3)nc(-c3ccccc3)c2)cc1. The fourth-order valence-corrected chi connectivity index (χ4v) is 9.48. The van der Waals surface area contributed by atoms with Crippen molar-refractivity contribution in [1.82, 2.24) is 9.55 Å². The molecule has 0 saturated heterocycles. The van der Waals surface area contributed by atoms with Crippen LogP contribution >= 0.6 is 0 Å². The van der Waals surface area contributed by atoms with Gasteiger partial charge >= 0.3 is 6.18 Å². The van der Waals surface area contributed by atoms with Gasteiger partial charge in [0.2, 0.25) is 0 Å². The highest BCUT2D eigenvalue weighted by Crippen LogP contribution is 2.44. The van der Waals surface area contributed by atoms with E-state index < -0.39 is 11.7 Å². The Bertz CT molecular complexity index is 3700. The smallest absolute Gasteiger partial charge is 0.309 e. The van der Waals surface area contributed by atoms with Gasteiger partial charge in [-0.05, 0) is 126 Å². The Morgan fingerprint density at radius 1 is 0.317 bits per heavy atom. The molecule has 0 spiro atoms. The van der Waals surface area contributed by atoms with Gasteiger partial charge in [0.05, 0.1) is 33.7 Å². The maximum Gasteiger partial charge on any atom is 0.416 e. The molecule has 0 N–H and O–H groups in total. The minimum absolute atomic E-state index is 0.668. The van der Waals surface area contributed by atoms with Gasteiger partial charge in [0.15, 0.2) is 0 Å². The number of hydrogen-bond donors (Lipinski definition) is 0. The Hall–Kier alpha value is -8.02. The molecule has 0 amide bonds. The molecule has 0 saturated carbocycles. The Labute approximate surface area is 360 Å². The molecule has 2 nitrogen and oxygen atoms in total. The molecule has 10 aromatic carbocycles. The van der Waals surface area contributed by atoms with Crippen LogP contribution in [0.25, 0.3) is 115 Å². The number of pyridine rings is 1. The van der Waals surface area contributed by atoms with E-state index in [-0.39, 0.29) is 0 Å². The van der Waals surface area contributed by atoms with Crippen molar-refractivity contribution in [2.24, 2.45) is 0 Å².